The van der Waals surface area contributed by atoms with Crippen molar-refractivity contribution in [2.45, 2.75) is 24.8 Å². The maximum absolute atomic E-state index is 11.1. The van der Waals surface area contributed by atoms with Crippen molar-refractivity contribution in [3.8, 4) is 0 Å². The van der Waals surface area contributed by atoms with Crippen LogP contribution in [0.3, 0.4) is 0 Å². The first-order chi connectivity index (χ1) is 12.1. The summed E-state index contributed by atoms with van der Waals surface area (Å²) < 4.78 is 5.55. The molecular weight excluding hydrogens is 398 g/mol. The number of fused-ring (bicyclic) bond motifs is 2. The Kier molecular flexibility index (Phi) is 5.11. The Morgan fingerprint density at radius 1 is 1.12 bits per heavy atom. The predicted octanol–water partition coefficient (Wildman–Crippen LogP) is 4.22. The van der Waals surface area contributed by atoms with Gasteiger partial charge < -0.3 is 9.64 Å². The van der Waals surface area contributed by atoms with Gasteiger partial charge in [-0.05, 0) is 30.0 Å². The summed E-state index contributed by atoms with van der Waals surface area (Å²) in [6, 6.07) is 14.8. The Hall–Kier alpha value is -2.25. The van der Waals surface area contributed by atoms with Crippen LogP contribution in [0.15, 0.2) is 48.5 Å². The summed E-state index contributed by atoms with van der Waals surface area (Å²) in [6.45, 7) is 1.80. The van der Waals surface area contributed by atoms with Gasteiger partial charge in [-0.15, -0.1) is 17.0 Å². The van der Waals surface area contributed by atoms with Gasteiger partial charge in [-0.2, -0.15) is 0 Å². The summed E-state index contributed by atoms with van der Waals surface area (Å²) in [4.78, 5) is 12.6. The number of nitro benzene ring substituents is 1. The van der Waals surface area contributed by atoms with E-state index in [9.17, 15) is 10.1 Å². The maximum Gasteiger partial charge on any atom is 0.271 e. The number of nitrogens with zero attached hydrogens (tertiary/aromatic N) is 2. The molecule has 1 fully saturated rings. The second-order valence-electron chi connectivity index (χ2n) is 6.56. The van der Waals surface area contributed by atoms with Crippen molar-refractivity contribution >= 4 is 34.2 Å². The predicted molar refractivity (Wildman–Crippen MR) is 106 cm³/mol. The smallest absolute Gasteiger partial charge is 0.271 e. The molecule has 2 heterocycles. The molecule has 2 aromatic rings. The molecule has 0 amide bonds. The zero-order valence-electron chi connectivity index (χ0n) is 14.2. The second kappa shape index (κ2) is 7.17. The van der Waals surface area contributed by atoms with Crippen molar-refractivity contribution in [3.05, 3.63) is 69.8 Å². The van der Waals surface area contributed by atoms with E-state index in [-0.39, 0.29) is 28.1 Å². The molecule has 0 unspecified atom stereocenters. The number of ether oxygens (including phenoxy) is 1. The third-order valence-corrected chi connectivity index (χ3v) is 5.28. The van der Waals surface area contributed by atoms with Gasteiger partial charge in [-0.25, -0.2) is 0 Å². The minimum absolute atomic E-state index is 0. The van der Waals surface area contributed by atoms with E-state index in [0.29, 0.717) is 31.3 Å². The zero-order valence-corrected chi connectivity index (χ0v) is 15.9. The molecule has 0 radical (unpaired) electrons. The zero-order chi connectivity index (χ0) is 17.4. The van der Waals surface area contributed by atoms with Crippen molar-refractivity contribution in [2.24, 2.45) is 0 Å². The first-order valence-electron chi connectivity index (χ1n) is 8.39. The molecule has 7 heteroatoms. The molecule has 26 heavy (non-hydrogen) atoms. The molecule has 2 aliphatic rings. The van der Waals surface area contributed by atoms with E-state index in [1.807, 2.05) is 23.1 Å². The number of nitro groups is 1. The van der Waals surface area contributed by atoms with Gasteiger partial charge in [-0.3, -0.25) is 15.5 Å². The van der Waals surface area contributed by atoms with E-state index < -0.39 is 4.92 Å². The molecule has 2 aliphatic heterocycles. The lowest BCUT2D eigenvalue weighted by atomic mass is 9.69. The molecular formula is C19H20BrN3O3. The molecule has 0 bridgehead atoms. The fourth-order valence-electron chi connectivity index (χ4n) is 3.98. The van der Waals surface area contributed by atoms with Crippen LogP contribution in [0.4, 0.5) is 11.4 Å². The van der Waals surface area contributed by atoms with Crippen LogP contribution in [0.2, 0.25) is 0 Å². The van der Waals surface area contributed by atoms with E-state index in [0.717, 1.165) is 12.8 Å². The van der Waals surface area contributed by atoms with Crippen LogP contribution in [0.25, 0.3) is 0 Å². The summed E-state index contributed by atoms with van der Waals surface area (Å²) in [5.74, 6) is 0.509. The summed E-state index contributed by atoms with van der Waals surface area (Å²) in [5, 5.41) is 20.1. The molecule has 0 atom stereocenters. The lowest BCUT2D eigenvalue weighted by Crippen LogP contribution is -2.53. The van der Waals surface area contributed by atoms with Crippen LogP contribution in [-0.2, 0) is 16.7 Å². The molecule has 6 nitrogen and oxygen atoms in total. The van der Waals surface area contributed by atoms with Gasteiger partial charge in [0, 0.05) is 37.6 Å². The Morgan fingerprint density at radius 3 is 2.58 bits per heavy atom. The Bertz CT molecular complexity index is 849. The van der Waals surface area contributed by atoms with Gasteiger partial charge in [0.25, 0.3) is 5.69 Å². The van der Waals surface area contributed by atoms with Crippen LogP contribution >= 0.6 is 17.0 Å². The second-order valence-corrected chi connectivity index (χ2v) is 6.56. The van der Waals surface area contributed by atoms with Gasteiger partial charge >= 0.3 is 0 Å². The highest BCUT2D eigenvalue weighted by molar-refractivity contribution is 8.93. The first-order valence-corrected chi connectivity index (χ1v) is 8.39. The minimum Gasteiger partial charge on any atom is -0.381 e. The first kappa shape index (κ1) is 18.5. The van der Waals surface area contributed by atoms with Gasteiger partial charge in [0.15, 0.2) is 0 Å². The number of hydrogen-bond donors (Lipinski definition) is 1. The van der Waals surface area contributed by atoms with E-state index in [2.05, 4.69) is 12.1 Å². The number of nitrogens with one attached hydrogen (secondary N) is 1. The van der Waals surface area contributed by atoms with Crippen LogP contribution in [0.1, 0.15) is 24.0 Å². The summed E-state index contributed by atoms with van der Waals surface area (Å²) in [7, 11) is 0. The topological polar surface area (TPSA) is 79.5 Å². The Morgan fingerprint density at radius 2 is 1.85 bits per heavy atom. The van der Waals surface area contributed by atoms with Crippen molar-refractivity contribution in [2.75, 3.05) is 18.1 Å². The monoisotopic (exact) mass is 417 g/mol. The lowest BCUT2D eigenvalue weighted by Gasteiger charge is -2.47. The van der Waals surface area contributed by atoms with Gasteiger partial charge in [0.1, 0.15) is 5.84 Å². The third-order valence-electron chi connectivity index (χ3n) is 5.28. The molecule has 4 rings (SSSR count). The van der Waals surface area contributed by atoms with Crippen LogP contribution < -0.4 is 4.90 Å². The number of hydrogen-bond acceptors (Lipinski definition) is 4. The maximum atomic E-state index is 11.1. The molecule has 1 N–H and O–H groups in total. The van der Waals surface area contributed by atoms with Crippen LogP contribution in [0, 0.1) is 15.5 Å². The molecule has 1 spiro atoms. The van der Waals surface area contributed by atoms with Crippen molar-refractivity contribution in [1.82, 2.24) is 0 Å². The fraction of sp³-hybridized carbons (Fsp3) is 0.316. The third kappa shape index (κ3) is 2.91. The summed E-state index contributed by atoms with van der Waals surface area (Å²) in [6.07, 6.45) is 1.52. The van der Waals surface area contributed by atoms with Crippen LogP contribution in [-0.4, -0.2) is 24.0 Å². The standard InChI is InChI=1S/C19H19N3O3.BrH/c20-18-19(8-10-25-11-9-19)17-7-2-1-4-14(17)13-21(18)15-5-3-6-16(12-15)22(23)24;/h1-7,12,20H,8-11,13H2;1H. The SMILES string of the molecule is Br.N=C1N(c2cccc([N+](=O)[O-])c2)Cc2ccccc2C12CCOCC2. The molecule has 0 saturated carbocycles. The summed E-state index contributed by atoms with van der Waals surface area (Å²) >= 11 is 0. The normalized spacial score (nSPS) is 18.2. The molecule has 1 saturated heterocycles. The molecule has 0 aliphatic carbocycles. The van der Waals surface area contributed by atoms with Crippen molar-refractivity contribution < 1.29 is 9.66 Å². The van der Waals surface area contributed by atoms with Crippen molar-refractivity contribution in [3.63, 3.8) is 0 Å². The van der Waals surface area contributed by atoms with E-state index >= 15 is 0 Å². The number of amidine groups is 1. The van der Waals surface area contributed by atoms with Gasteiger partial charge in [-0.1, -0.05) is 30.3 Å². The van der Waals surface area contributed by atoms with Gasteiger partial charge in [0.2, 0.25) is 0 Å². The van der Waals surface area contributed by atoms with Crippen molar-refractivity contribution in [1.29, 1.82) is 5.41 Å². The molecule has 2 aromatic carbocycles. The number of non-ortho nitro benzene ring substituents is 1. The minimum atomic E-state index is -0.394. The highest BCUT2D eigenvalue weighted by atomic mass is 79.9. The fourth-order valence-corrected chi connectivity index (χ4v) is 3.98. The number of anilines is 1. The Labute approximate surface area is 162 Å². The average molecular weight is 418 g/mol. The van der Waals surface area contributed by atoms with E-state index in [1.165, 1.54) is 17.2 Å². The van der Waals surface area contributed by atoms with E-state index in [4.69, 9.17) is 10.1 Å². The number of benzene rings is 2. The van der Waals surface area contributed by atoms with Crippen LogP contribution in [0.5, 0.6) is 0 Å². The molecule has 136 valence electrons. The average Bonchev–Trinajstić information content (AvgIpc) is 2.66. The quantitative estimate of drug-likeness (QED) is 0.585. The summed E-state index contributed by atoms with van der Waals surface area (Å²) in [5.41, 5.74) is 2.74. The molecule has 0 aromatic heterocycles. The highest BCUT2D eigenvalue weighted by Crippen LogP contribution is 2.44. The number of rotatable bonds is 2. The van der Waals surface area contributed by atoms with E-state index in [1.54, 1.807) is 12.1 Å². The number of halogens is 1. The Balaban J connectivity index is 0.00000196. The van der Waals surface area contributed by atoms with Gasteiger partial charge in [0.05, 0.1) is 10.3 Å². The lowest BCUT2D eigenvalue weighted by molar-refractivity contribution is -0.384. The largest absolute Gasteiger partial charge is 0.381 e. The highest BCUT2D eigenvalue weighted by Gasteiger charge is 2.45.